The van der Waals surface area contributed by atoms with Crippen LogP contribution in [-0.4, -0.2) is 65.4 Å². The molecule has 2 saturated heterocycles. The fourth-order valence-electron chi connectivity index (χ4n) is 5.42. The summed E-state index contributed by atoms with van der Waals surface area (Å²) in [5.74, 6) is -0.322. The highest BCUT2D eigenvalue weighted by Gasteiger charge is 2.52. The zero-order chi connectivity index (χ0) is 24.5. The van der Waals surface area contributed by atoms with Gasteiger partial charge in [-0.2, -0.15) is 4.31 Å². The van der Waals surface area contributed by atoms with Gasteiger partial charge in [-0.15, -0.1) is 0 Å². The van der Waals surface area contributed by atoms with E-state index in [4.69, 9.17) is 4.74 Å². The molecule has 2 aromatic heterocycles. The number of benzene rings is 1. The van der Waals surface area contributed by atoms with Crippen molar-refractivity contribution in [2.45, 2.75) is 66.9 Å². The molecule has 9 nitrogen and oxygen atoms in total. The van der Waals surface area contributed by atoms with Crippen molar-refractivity contribution in [2.75, 3.05) is 6.26 Å². The molecule has 2 atom stereocenters. The summed E-state index contributed by atoms with van der Waals surface area (Å²) in [6, 6.07) is 5.39. The first kappa shape index (κ1) is 22.9. The van der Waals surface area contributed by atoms with Gasteiger partial charge < -0.3 is 4.74 Å². The molecule has 1 saturated carbocycles. The molecule has 6 rings (SSSR count). The summed E-state index contributed by atoms with van der Waals surface area (Å²) in [6.07, 6.45) is 8.25. The van der Waals surface area contributed by atoms with E-state index in [9.17, 15) is 21.2 Å². The summed E-state index contributed by atoms with van der Waals surface area (Å²) in [4.78, 5) is 8.50. The number of piperidine rings is 1. The number of rotatable bonds is 6. The molecular weight excluding hydrogens is 495 g/mol. The second kappa shape index (κ2) is 7.97. The Bertz CT molecular complexity index is 1520. The van der Waals surface area contributed by atoms with Crippen molar-refractivity contribution in [3.05, 3.63) is 42.6 Å². The van der Waals surface area contributed by atoms with Gasteiger partial charge >= 0.3 is 0 Å². The van der Waals surface area contributed by atoms with Gasteiger partial charge in [-0.3, -0.25) is 4.57 Å². The molecule has 0 radical (unpaired) electrons. The van der Waals surface area contributed by atoms with E-state index in [1.165, 1.54) is 23.0 Å². The number of aromatic nitrogens is 3. The first-order valence-corrected chi connectivity index (χ1v) is 15.0. The first-order valence-electron chi connectivity index (χ1n) is 11.6. The predicted molar refractivity (Wildman–Crippen MR) is 126 cm³/mol. The highest BCUT2D eigenvalue weighted by Crippen LogP contribution is 2.44. The van der Waals surface area contributed by atoms with Crippen LogP contribution in [0, 0.1) is 5.82 Å². The van der Waals surface area contributed by atoms with Crippen molar-refractivity contribution < 1.29 is 26.0 Å². The molecule has 3 aromatic rings. The van der Waals surface area contributed by atoms with E-state index in [1.807, 2.05) is 0 Å². The minimum atomic E-state index is -3.53. The quantitative estimate of drug-likeness (QED) is 0.491. The molecule has 12 heteroatoms. The molecule has 0 spiro atoms. The van der Waals surface area contributed by atoms with Crippen LogP contribution in [0.2, 0.25) is 0 Å². The lowest BCUT2D eigenvalue weighted by atomic mass is 10.0. The van der Waals surface area contributed by atoms with Crippen LogP contribution in [0.5, 0.6) is 5.88 Å². The van der Waals surface area contributed by atoms with Gasteiger partial charge in [0.2, 0.25) is 15.9 Å². The monoisotopic (exact) mass is 520 g/mol. The van der Waals surface area contributed by atoms with Crippen LogP contribution < -0.4 is 4.74 Å². The van der Waals surface area contributed by atoms with Gasteiger partial charge in [-0.25, -0.2) is 31.2 Å². The Morgan fingerprint density at radius 3 is 2.34 bits per heavy atom. The molecule has 35 heavy (non-hydrogen) atoms. The number of fused-ring (bicyclic) bond motifs is 3. The van der Waals surface area contributed by atoms with Crippen LogP contribution in [0.15, 0.2) is 41.7 Å². The summed E-state index contributed by atoms with van der Waals surface area (Å²) in [5.41, 5.74) is 0.589. The Kier molecular flexibility index (Phi) is 5.21. The second-order valence-electron chi connectivity index (χ2n) is 9.66. The Morgan fingerprint density at radius 1 is 1.00 bits per heavy atom. The Morgan fingerprint density at radius 2 is 1.71 bits per heavy atom. The van der Waals surface area contributed by atoms with Crippen molar-refractivity contribution >= 4 is 30.9 Å². The second-order valence-corrected chi connectivity index (χ2v) is 13.8. The maximum atomic E-state index is 14.8. The lowest BCUT2D eigenvalue weighted by Gasteiger charge is -2.37. The Labute approximate surface area is 202 Å². The van der Waals surface area contributed by atoms with Crippen LogP contribution in [0.3, 0.4) is 0 Å². The average Bonchev–Trinajstić information content (AvgIpc) is 3.51. The fraction of sp³-hybridized carbons (Fsp3) is 0.478. The number of sulfonamides is 1. The van der Waals surface area contributed by atoms with E-state index in [0.717, 1.165) is 38.0 Å². The van der Waals surface area contributed by atoms with Gasteiger partial charge in [0.15, 0.2) is 15.5 Å². The van der Waals surface area contributed by atoms with E-state index in [2.05, 4.69) is 9.97 Å². The number of nitrogens with zero attached hydrogens (tertiary/aromatic N) is 4. The standard InChI is InChI=1S/C23H25FN4O5S2/c1-34(29,30)18-6-7-21(20(24)12-18)27-9-8-19-22(27)25-13-26-23(19)33-16-10-14-2-3-15(11-16)28(14)35(31,32)17-4-5-17/h6-9,12-17H,2-5,10-11H2,1H3. The summed E-state index contributed by atoms with van der Waals surface area (Å²) in [7, 11) is -6.75. The maximum Gasteiger partial charge on any atom is 0.226 e. The van der Waals surface area contributed by atoms with E-state index in [0.29, 0.717) is 29.8 Å². The summed E-state index contributed by atoms with van der Waals surface area (Å²) >= 11 is 0. The normalized spacial score (nSPS) is 25.3. The molecule has 4 heterocycles. The summed E-state index contributed by atoms with van der Waals surface area (Å²) in [6.45, 7) is 0. The average molecular weight is 521 g/mol. The Balaban J connectivity index is 1.27. The molecule has 3 aliphatic rings. The maximum absolute atomic E-state index is 14.8. The molecule has 186 valence electrons. The molecule has 0 N–H and O–H groups in total. The van der Waals surface area contributed by atoms with Crippen LogP contribution in [0.1, 0.15) is 38.5 Å². The Hall–Kier alpha value is -2.57. The van der Waals surface area contributed by atoms with Gasteiger partial charge in [0.25, 0.3) is 0 Å². The van der Waals surface area contributed by atoms with Gasteiger partial charge in [0, 0.05) is 37.4 Å². The minimum Gasteiger partial charge on any atom is -0.474 e. The van der Waals surface area contributed by atoms with Crippen LogP contribution in [0.4, 0.5) is 4.39 Å². The number of halogens is 1. The van der Waals surface area contributed by atoms with Crippen molar-refractivity contribution in [3.8, 4) is 11.6 Å². The van der Waals surface area contributed by atoms with E-state index < -0.39 is 25.7 Å². The van der Waals surface area contributed by atoms with Gasteiger partial charge in [0.1, 0.15) is 18.2 Å². The lowest BCUT2D eigenvalue weighted by molar-refractivity contribution is 0.0930. The number of ether oxygens (including phenoxy) is 1. The zero-order valence-corrected chi connectivity index (χ0v) is 20.7. The third kappa shape index (κ3) is 3.91. The van der Waals surface area contributed by atoms with Crippen LogP contribution in [0.25, 0.3) is 16.7 Å². The van der Waals surface area contributed by atoms with Crippen LogP contribution in [-0.2, 0) is 19.9 Å². The van der Waals surface area contributed by atoms with Gasteiger partial charge in [0.05, 0.1) is 21.2 Å². The summed E-state index contributed by atoms with van der Waals surface area (Å²) < 4.78 is 73.6. The number of hydrogen-bond acceptors (Lipinski definition) is 7. The predicted octanol–water partition coefficient (Wildman–Crippen LogP) is 2.83. The molecule has 3 fully saturated rings. The zero-order valence-electron chi connectivity index (χ0n) is 19.0. The van der Waals surface area contributed by atoms with Crippen molar-refractivity contribution in [2.24, 2.45) is 0 Å². The highest BCUT2D eigenvalue weighted by molar-refractivity contribution is 7.90. The van der Waals surface area contributed by atoms with E-state index >= 15 is 0 Å². The van der Waals surface area contributed by atoms with Crippen molar-refractivity contribution in [3.63, 3.8) is 0 Å². The molecule has 2 bridgehead atoms. The molecule has 1 aromatic carbocycles. The van der Waals surface area contributed by atoms with E-state index in [1.54, 1.807) is 16.6 Å². The topological polar surface area (TPSA) is 111 Å². The van der Waals surface area contributed by atoms with Gasteiger partial charge in [-0.1, -0.05) is 0 Å². The number of sulfone groups is 1. The fourth-order valence-corrected chi connectivity index (χ4v) is 8.34. The van der Waals surface area contributed by atoms with E-state index in [-0.39, 0.29) is 34.0 Å². The van der Waals surface area contributed by atoms with Crippen molar-refractivity contribution in [1.82, 2.24) is 18.8 Å². The van der Waals surface area contributed by atoms with Gasteiger partial charge in [-0.05, 0) is 49.9 Å². The highest BCUT2D eigenvalue weighted by atomic mass is 32.2. The smallest absolute Gasteiger partial charge is 0.226 e. The lowest BCUT2D eigenvalue weighted by Crippen LogP contribution is -2.50. The SMILES string of the molecule is CS(=O)(=O)c1ccc(-n2ccc3c(OC4CC5CCC(C4)N5S(=O)(=O)C4CC4)ncnc32)c(F)c1. The molecule has 2 aliphatic heterocycles. The molecule has 2 unspecified atom stereocenters. The molecule has 1 aliphatic carbocycles. The van der Waals surface area contributed by atoms with Crippen molar-refractivity contribution in [1.29, 1.82) is 0 Å². The third-order valence-electron chi connectivity index (χ3n) is 7.19. The minimum absolute atomic E-state index is 0.0475. The third-order valence-corrected chi connectivity index (χ3v) is 10.8. The molecular formula is C23H25FN4O5S2. The first-order chi connectivity index (χ1) is 16.6. The number of hydrogen-bond donors (Lipinski definition) is 0. The summed E-state index contributed by atoms with van der Waals surface area (Å²) in [5, 5.41) is 0.385. The largest absolute Gasteiger partial charge is 0.474 e. The van der Waals surface area contributed by atoms with Crippen LogP contribution >= 0.6 is 0 Å². The molecule has 0 amide bonds.